The van der Waals surface area contributed by atoms with E-state index in [0.29, 0.717) is 12.1 Å². The van der Waals surface area contributed by atoms with Crippen molar-refractivity contribution in [3.63, 3.8) is 0 Å². The molecule has 33 heavy (non-hydrogen) atoms. The lowest BCUT2D eigenvalue weighted by atomic mass is 9.79. The second-order valence-electron chi connectivity index (χ2n) is 7.50. The number of nitrogens with zero attached hydrogens (tertiary/aromatic N) is 5. The van der Waals surface area contributed by atoms with Crippen LogP contribution in [0, 0.1) is 10.7 Å². The summed E-state index contributed by atoms with van der Waals surface area (Å²) in [4.78, 5) is 47.5. The quantitative estimate of drug-likeness (QED) is 0.470. The Hall–Kier alpha value is -2.92. The zero-order chi connectivity index (χ0) is 24.4. The number of hydrogen-bond acceptors (Lipinski definition) is 7. The van der Waals surface area contributed by atoms with E-state index >= 15 is 0 Å². The highest BCUT2D eigenvalue weighted by Crippen LogP contribution is 2.39. The molecule has 1 N–H and O–H groups in total. The minimum absolute atomic E-state index is 0.0508. The summed E-state index contributed by atoms with van der Waals surface area (Å²) in [5.41, 5.74) is -0.0806. The molecule has 2 aromatic heterocycles. The average molecular weight is 490 g/mol. The molecule has 0 bridgehead atoms. The molecule has 1 saturated heterocycles. The lowest BCUT2D eigenvalue weighted by molar-refractivity contribution is -0.147. The van der Waals surface area contributed by atoms with E-state index in [1.54, 1.807) is 39.8 Å². The van der Waals surface area contributed by atoms with Gasteiger partial charge in [0.1, 0.15) is 5.92 Å². The minimum Gasteiger partial charge on any atom is -0.494 e. The van der Waals surface area contributed by atoms with Crippen molar-refractivity contribution in [3.8, 4) is 5.88 Å². The Kier molecular flexibility index (Phi) is 7.43. The molecular formula is C22H27N5O4S2. The first-order valence-electron chi connectivity index (χ1n) is 10.9. The molecule has 1 unspecified atom stereocenters. The van der Waals surface area contributed by atoms with Gasteiger partial charge in [-0.25, -0.2) is 0 Å². The summed E-state index contributed by atoms with van der Waals surface area (Å²) in [7, 11) is 0. The van der Waals surface area contributed by atoms with Crippen molar-refractivity contribution >= 4 is 41.4 Å². The third-order valence-electron chi connectivity index (χ3n) is 5.93. The summed E-state index contributed by atoms with van der Waals surface area (Å²) in [6.07, 6.45) is 3.04. The molecule has 0 spiro atoms. The molecule has 2 aromatic rings. The number of aromatic nitrogens is 3. The SMILES string of the molecule is CCN1C(=O)C(C(c2ccncc2)c2c(O)n(CC)c(=S)n(CC)c2=O)C(=O)N(CC)C1=S. The van der Waals surface area contributed by atoms with Gasteiger partial charge in [-0.1, -0.05) is 0 Å². The van der Waals surface area contributed by atoms with Gasteiger partial charge in [0, 0.05) is 44.5 Å². The second-order valence-corrected chi connectivity index (χ2v) is 8.23. The van der Waals surface area contributed by atoms with Crippen molar-refractivity contribution in [3.05, 3.63) is 50.8 Å². The maximum atomic E-state index is 13.6. The molecule has 3 heterocycles. The second kappa shape index (κ2) is 9.92. The highest BCUT2D eigenvalue weighted by atomic mass is 32.1. The van der Waals surface area contributed by atoms with Crippen molar-refractivity contribution in [2.24, 2.45) is 5.92 Å². The number of amides is 2. The summed E-state index contributed by atoms with van der Waals surface area (Å²) in [5.74, 6) is -3.71. The van der Waals surface area contributed by atoms with Gasteiger partial charge >= 0.3 is 0 Å². The van der Waals surface area contributed by atoms with Crippen LogP contribution in [0.3, 0.4) is 0 Å². The molecule has 1 aliphatic heterocycles. The van der Waals surface area contributed by atoms with E-state index < -0.39 is 29.2 Å². The van der Waals surface area contributed by atoms with Crippen LogP contribution in [0.1, 0.15) is 44.7 Å². The topological polar surface area (TPSA) is 101 Å². The Bertz CT molecular complexity index is 1180. The van der Waals surface area contributed by atoms with Gasteiger partial charge in [-0.2, -0.15) is 0 Å². The summed E-state index contributed by atoms with van der Waals surface area (Å²) in [5, 5.41) is 11.3. The minimum atomic E-state index is -1.29. The average Bonchev–Trinajstić information content (AvgIpc) is 2.79. The molecule has 11 heteroatoms. The van der Waals surface area contributed by atoms with E-state index in [2.05, 4.69) is 4.98 Å². The van der Waals surface area contributed by atoms with Gasteiger partial charge in [-0.05, 0) is 69.8 Å². The first kappa shape index (κ1) is 24.7. The first-order valence-corrected chi connectivity index (χ1v) is 11.7. The molecule has 0 aromatic carbocycles. The standard InChI is InChI=1S/C22H27N5O4S2/c1-5-24-17(28)15(18(29)25(6-2)21(24)32)14(13-9-11-23-12-10-13)16-19(30)26(7-3)22(33)27(8-4)20(16)31/h9-12,14-15,30H,5-8H2,1-4H3. The first-order chi connectivity index (χ1) is 15.7. The van der Waals surface area contributed by atoms with Gasteiger partial charge in [0.05, 0.1) is 5.56 Å². The highest BCUT2D eigenvalue weighted by molar-refractivity contribution is 7.80. The van der Waals surface area contributed by atoms with Crippen molar-refractivity contribution < 1.29 is 14.7 Å². The van der Waals surface area contributed by atoms with Crippen LogP contribution in [0.4, 0.5) is 0 Å². The van der Waals surface area contributed by atoms with Crippen molar-refractivity contribution in [2.45, 2.75) is 46.7 Å². The van der Waals surface area contributed by atoms with Crippen molar-refractivity contribution in [2.75, 3.05) is 13.1 Å². The van der Waals surface area contributed by atoms with E-state index in [1.807, 2.05) is 0 Å². The molecule has 9 nitrogen and oxygen atoms in total. The molecule has 1 fully saturated rings. The van der Waals surface area contributed by atoms with Crippen LogP contribution in [-0.2, 0) is 22.7 Å². The fourth-order valence-corrected chi connectivity index (χ4v) is 5.15. The molecule has 2 amide bonds. The molecule has 0 radical (unpaired) electrons. The summed E-state index contributed by atoms with van der Waals surface area (Å²) in [6.45, 7) is 8.21. The van der Waals surface area contributed by atoms with Gasteiger partial charge in [0.2, 0.25) is 17.7 Å². The summed E-state index contributed by atoms with van der Waals surface area (Å²) < 4.78 is 2.97. The molecular weight excluding hydrogens is 462 g/mol. The monoisotopic (exact) mass is 489 g/mol. The maximum absolute atomic E-state index is 13.6. The number of carbonyl (C=O) groups excluding carboxylic acids is 2. The third-order valence-corrected chi connectivity index (χ3v) is 6.82. The number of aromatic hydroxyl groups is 1. The molecule has 1 atom stereocenters. The van der Waals surface area contributed by atoms with Crippen LogP contribution in [0.25, 0.3) is 0 Å². The smallest absolute Gasteiger partial charge is 0.262 e. The maximum Gasteiger partial charge on any atom is 0.262 e. The molecule has 3 rings (SSSR count). The lowest BCUT2D eigenvalue weighted by Gasteiger charge is -2.41. The van der Waals surface area contributed by atoms with Crippen LogP contribution in [0.15, 0.2) is 29.3 Å². The van der Waals surface area contributed by atoms with E-state index in [9.17, 15) is 19.5 Å². The zero-order valence-electron chi connectivity index (χ0n) is 19.0. The van der Waals surface area contributed by atoms with Gasteiger partial charge in [-0.15, -0.1) is 0 Å². The van der Waals surface area contributed by atoms with Crippen LogP contribution in [0.5, 0.6) is 5.88 Å². The summed E-state index contributed by atoms with van der Waals surface area (Å²) in [6, 6.07) is 3.27. The molecule has 0 saturated carbocycles. The Morgan fingerprint density at radius 2 is 1.42 bits per heavy atom. The van der Waals surface area contributed by atoms with Crippen LogP contribution < -0.4 is 5.56 Å². The zero-order valence-corrected chi connectivity index (χ0v) is 20.7. The summed E-state index contributed by atoms with van der Waals surface area (Å²) >= 11 is 10.8. The number of pyridine rings is 1. The third kappa shape index (κ3) is 3.99. The Morgan fingerprint density at radius 1 is 0.909 bits per heavy atom. The van der Waals surface area contributed by atoms with Crippen molar-refractivity contribution in [1.29, 1.82) is 0 Å². The molecule has 176 valence electrons. The largest absolute Gasteiger partial charge is 0.494 e. The Labute approximate surface area is 202 Å². The van der Waals surface area contributed by atoms with Gasteiger partial charge in [0.15, 0.2) is 9.88 Å². The number of rotatable bonds is 7. The lowest BCUT2D eigenvalue weighted by Crippen LogP contribution is -2.61. The highest BCUT2D eigenvalue weighted by Gasteiger charge is 2.49. The van der Waals surface area contributed by atoms with Crippen LogP contribution in [-0.4, -0.2) is 59.0 Å². The predicted molar refractivity (Wildman–Crippen MR) is 129 cm³/mol. The normalized spacial score (nSPS) is 15.9. The van der Waals surface area contributed by atoms with Crippen molar-refractivity contribution in [1.82, 2.24) is 23.9 Å². The van der Waals surface area contributed by atoms with Gasteiger partial charge < -0.3 is 5.11 Å². The number of carbonyl (C=O) groups is 2. The van der Waals surface area contributed by atoms with Gasteiger partial charge in [-0.3, -0.25) is 38.3 Å². The van der Waals surface area contributed by atoms with Crippen LogP contribution >= 0.6 is 24.4 Å². The van der Waals surface area contributed by atoms with Crippen LogP contribution in [0.2, 0.25) is 0 Å². The van der Waals surface area contributed by atoms with E-state index in [-0.39, 0.29) is 41.0 Å². The molecule has 0 aliphatic carbocycles. The Morgan fingerprint density at radius 3 is 1.88 bits per heavy atom. The van der Waals surface area contributed by atoms with E-state index in [1.165, 1.54) is 31.3 Å². The fraction of sp³-hybridized carbons (Fsp3) is 0.455. The van der Waals surface area contributed by atoms with E-state index in [4.69, 9.17) is 24.4 Å². The Balaban J connectivity index is 2.40. The molecule has 1 aliphatic rings. The van der Waals surface area contributed by atoms with Gasteiger partial charge in [0.25, 0.3) is 5.56 Å². The fourth-order valence-electron chi connectivity index (χ4n) is 4.29. The van der Waals surface area contributed by atoms with E-state index in [0.717, 1.165) is 0 Å². The number of thiocarbonyl (C=S) groups is 1. The number of hydrogen-bond donors (Lipinski definition) is 1. The predicted octanol–water partition coefficient (Wildman–Crippen LogP) is 2.26.